The Labute approximate surface area is 139 Å². The molecule has 1 aliphatic rings. The van der Waals surface area contributed by atoms with Crippen molar-refractivity contribution >= 4 is 0 Å². The van der Waals surface area contributed by atoms with E-state index >= 15 is 0 Å². The van der Waals surface area contributed by atoms with Crippen molar-refractivity contribution in [2.75, 3.05) is 19.8 Å². The van der Waals surface area contributed by atoms with Crippen LogP contribution < -0.4 is 0 Å². The van der Waals surface area contributed by atoms with Crippen molar-refractivity contribution in [3.05, 3.63) is 0 Å². The molecule has 0 aromatic carbocycles. The van der Waals surface area contributed by atoms with Crippen LogP contribution in [0.4, 0.5) is 0 Å². The first-order valence-corrected chi connectivity index (χ1v) is 7.82. The van der Waals surface area contributed by atoms with Gasteiger partial charge in [0.2, 0.25) is 0 Å². The van der Waals surface area contributed by atoms with E-state index in [1.807, 2.05) is 0 Å². The molecule has 1 fully saturated rings. The lowest BCUT2D eigenvalue weighted by Gasteiger charge is -2.43. The lowest BCUT2D eigenvalue weighted by Crippen LogP contribution is -2.58. The summed E-state index contributed by atoms with van der Waals surface area (Å²) in [6.45, 7) is -0.350. The molecule has 0 aliphatic carbocycles. The first-order chi connectivity index (χ1) is 11.3. The minimum absolute atomic E-state index is 0.0765. The lowest BCUT2D eigenvalue weighted by atomic mass is 9.89. The summed E-state index contributed by atoms with van der Waals surface area (Å²) in [5, 5.41) is 76.4. The largest absolute Gasteiger partial charge is 0.396 e. The molecule has 0 aromatic rings. The van der Waals surface area contributed by atoms with Crippen LogP contribution in [0.15, 0.2) is 0 Å². The van der Waals surface area contributed by atoms with E-state index in [4.69, 9.17) is 24.8 Å². The Morgan fingerprint density at radius 1 is 0.958 bits per heavy atom. The molecule has 0 radical (unpaired) electrons. The van der Waals surface area contributed by atoms with Gasteiger partial charge in [-0.1, -0.05) is 6.92 Å². The molecule has 0 aromatic heterocycles. The Kier molecular flexibility index (Phi) is 8.95. The number of rotatable bonds is 9. The van der Waals surface area contributed by atoms with Gasteiger partial charge in [-0.15, -0.1) is 0 Å². The normalized spacial score (nSPS) is 36.1. The number of hydrogen-bond donors (Lipinski definition) is 8. The van der Waals surface area contributed by atoms with E-state index in [0.29, 0.717) is 0 Å². The fraction of sp³-hybridized carbons (Fsp3) is 1.00. The van der Waals surface area contributed by atoms with E-state index in [9.17, 15) is 25.5 Å². The minimum atomic E-state index is -1.76. The maximum Gasteiger partial charge on any atom is 0.184 e. The summed E-state index contributed by atoms with van der Waals surface area (Å²) < 4.78 is 10.7. The summed E-state index contributed by atoms with van der Waals surface area (Å²) in [4.78, 5) is 0. The maximum absolute atomic E-state index is 10.2. The summed E-state index contributed by atoms with van der Waals surface area (Å²) >= 11 is 0. The van der Waals surface area contributed by atoms with Crippen molar-refractivity contribution in [2.45, 2.75) is 62.4 Å². The summed E-state index contributed by atoms with van der Waals surface area (Å²) in [6, 6.07) is 0. The second-order valence-electron chi connectivity index (χ2n) is 5.99. The standard InChI is InChI=1S/C14H28O10/c1-6-10(20)9(2-3-15)23-14(11(6)21)24-13(8(19)5-17)12(22)7(18)4-16/h6-22H,2-5H2,1H3/t6?,7-,8+,9?,10-,11+,12+,13+,14+/m0/s1. The molecule has 9 atom stereocenters. The second-order valence-corrected chi connectivity index (χ2v) is 5.99. The molecule has 1 rings (SSSR count). The van der Waals surface area contributed by atoms with Crippen molar-refractivity contribution in [3.63, 3.8) is 0 Å². The Morgan fingerprint density at radius 3 is 2.04 bits per heavy atom. The van der Waals surface area contributed by atoms with E-state index in [2.05, 4.69) is 0 Å². The van der Waals surface area contributed by atoms with Crippen LogP contribution in [0.2, 0.25) is 0 Å². The van der Waals surface area contributed by atoms with E-state index in [1.165, 1.54) is 6.92 Å². The zero-order valence-corrected chi connectivity index (χ0v) is 13.4. The molecule has 0 bridgehead atoms. The number of aliphatic hydroxyl groups excluding tert-OH is 8. The molecule has 1 aliphatic heterocycles. The third kappa shape index (κ3) is 5.05. The molecule has 144 valence electrons. The van der Waals surface area contributed by atoms with Gasteiger partial charge in [-0.3, -0.25) is 0 Å². The Bertz CT molecular complexity index is 356. The monoisotopic (exact) mass is 356 g/mol. The van der Waals surface area contributed by atoms with Gasteiger partial charge in [0.1, 0.15) is 30.5 Å². The molecule has 2 unspecified atom stereocenters. The molecule has 1 saturated heterocycles. The van der Waals surface area contributed by atoms with E-state index in [0.717, 1.165) is 0 Å². The van der Waals surface area contributed by atoms with Crippen LogP contribution in [0.25, 0.3) is 0 Å². The van der Waals surface area contributed by atoms with Gasteiger partial charge in [-0.05, 0) is 6.42 Å². The summed E-state index contributed by atoms with van der Waals surface area (Å²) in [7, 11) is 0. The van der Waals surface area contributed by atoms with Gasteiger partial charge < -0.3 is 50.3 Å². The van der Waals surface area contributed by atoms with Gasteiger partial charge in [-0.2, -0.15) is 0 Å². The lowest BCUT2D eigenvalue weighted by molar-refractivity contribution is -0.316. The van der Waals surface area contributed by atoms with Gasteiger partial charge in [-0.25, -0.2) is 0 Å². The molecule has 0 spiro atoms. The summed E-state index contributed by atoms with van der Waals surface area (Å²) in [6.07, 6.45) is -11.1. The average molecular weight is 356 g/mol. The third-order valence-electron chi connectivity index (χ3n) is 4.24. The van der Waals surface area contributed by atoms with Crippen molar-refractivity contribution in [1.29, 1.82) is 0 Å². The van der Waals surface area contributed by atoms with Crippen molar-refractivity contribution in [1.82, 2.24) is 0 Å². The first-order valence-electron chi connectivity index (χ1n) is 7.82. The Morgan fingerprint density at radius 2 is 1.54 bits per heavy atom. The highest BCUT2D eigenvalue weighted by Crippen LogP contribution is 2.29. The van der Waals surface area contributed by atoms with Crippen LogP contribution in [0.1, 0.15) is 13.3 Å². The molecule has 24 heavy (non-hydrogen) atoms. The molecule has 10 nitrogen and oxygen atoms in total. The predicted octanol–water partition coefficient (Wildman–Crippen LogP) is -4.10. The van der Waals surface area contributed by atoms with Gasteiger partial charge >= 0.3 is 0 Å². The molecule has 1 heterocycles. The van der Waals surface area contributed by atoms with Crippen LogP contribution in [-0.2, 0) is 9.47 Å². The SMILES string of the molecule is CC1[C@H](O)C(CCO)O[C@H](O[C@@H]([C@H](O)[C@@H](O)CO)[C@H](O)CO)[C@@H]1O. The summed E-state index contributed by atoms with van der Waals surface area (Å²) in [5.74, 6) is -0.688. The topological polar surface area (TPSA) is 180 Å². The van der Waals surface area contributed by atoms with Crippen LogP contribution in [0, 0.1) is 5.92 Å². The average Bonchev–Trinajstić information content (AvgIpc) is 2.59. The molecule has 0 saturated carbocycles. The van der Waals surface area contributed by atoms with Crippen molar-refractivity contribution in [3.8, 4) is 0 Å². The Balaban J connectivity index is 2.90. The van der Waals surface area contributed by atoms with Crippen LogP contribution in [0.5, 0.6) is 0 Å². The van der Waals surface area contributed by atoms with Crippen molar-refractivity contribution in [2.24, 2.45) is 5.92 Å². The van der Waals surface area contributed by atoms with Gasteiger partial charge in [0.25, 0.3) is 0 Å². The van der Waals surface area contributed by atoms with Gasteiger partial charge in [0, 0.05) is 12.5 Å². The Hall–Kier alpha value is -0.400. The van der Waals surface area contributed by atoms with E-state index in [1.54, 1.807) is 0 Å². The highest BCUT2D eigenvalue weighted by molar-refractivity contribution is 4.89. The van der Waals surface area contributed by atoms with E-state index in [-0.39, 0.29) is 13.0 Å². The minimum Gasteiger partial charge on any atom is -0.396 e. The fourth-order valence-corrected chi connectivity index (χ4v) is 2.58. The smallest absolute Gasteiger partial charge is 0.184 e. The maximum atomic E-state index is 10.2. The van der Waals surface area contributed by atoms with Crippen LogP contribution in [0.3, 0.4) is 0 Å². The van der Waals surface area contributed by atoms with Crippen molar-refractivity contribution < 1.29 is 50.3 Å². The highest BCUT2D eigenvalue weighted by Gasteiger charge is 2.45. The summed E-state index contributed by atoms with van der Waals surface area (Å²) in [5.41, 5.74) is 0. The molecular formula is C14H28O10. The number of ether oxygens (including phenoxy) is 2. The number of aliphatic hydroxyl groups is 8. The van der Waals surface area contributed by atoms with Gasteiger partial charge in [0.05, 0.1) is 25.4 Å². The predicted molar refractivity (Wildman–Crippen MR) is 78.6 cm³/mol. The third-order valence-corrected chi connectivity index (χ3v) is 4.24. The van der Waals surface area contributed by atoms with Gasteiger partial charge in [0.15, 0.2) is 6.29 Å². The highest BCUT2D eigenvalue weighted by atomic mass is 16.7. The quantitative estimate of drug-likeness (QED) is 0.202. The van der Waals surface area contributed by atoms with Crippen LogP contribution in [-0.4, -0.2) is 110 Å². The zero-order chi connectivity index (χ0) is 18.4. The fourth-order valence-electron chi connectivity index (χ4n) is 2.58. The number of hydrogen-bond acceptors (Lipinski definition) is 10. The molecular weight excluding hydrogens is 328 g/mol. The zero-order valence-electron chi connectivity index (χ0n) is 13.4. The first kappa shape index (κ1) is 21.6. The second kappa shape index (κ2) is 9.92. The molecule has 8 N–H and O–H groups in total. The van der Waals surface area contributed by atoms with E-state index < -0.39 is 68.1 Å². The molecule has 0 amide bonds. The molecule has 10 heteroatoms. The van der Waals surface area contributed by atoms with Crippen LogP contribution >= 0.6 is 0 Å².